The highest BCUT2D eigenvalue weighted by molar-refractivity contribution is 6.16. The summed E-state index contributed by atoms with van der Waals surface area (Å²) in [5.74, 6) is -2.76. The lowest BCUT2D eigenvalue weighted by atomic mass is 9.69. The number of aromatic nitrogens is 1. The molecule has 2 aromatic carbocycles. The van der Waals surface area contributed by atoms with Crippen LogP contribution in [0.1, 0.15) is 30.5 Å². The third-order valence-corrected chi connectivity index (χ3v) is 8.49. The monoisotopic (exact) mass is 554 g/mol. The number of pyridine rings is 1. The Bertz CT molecular complexity index is 1600. The van der Waals surface area contributed by atoms with Crippen LogP contribution in [0.4, 0.5) is 4.79 Å². The number of nitrogens with zero attached hydrogens (tertiary/aromatic N) is 2. The Kier molecular flexibility index (Phi) is 7.15. The number of phenols is 1. The molecular formula is C32H30N2O7. The lowest BCUT2D eigenvalue weighted by Gasteiger charge is -2.31. The largest absolute Gasteiger partial charge is 0.507 e. The molecule has 3 amide bonds. The van der Waals surface area contributed by atoms with E-state index >= 15 is 0 Å². The number of hydrogen-bond acceptors (Lipinski definition) is 8. The van der Waals surface area contributed by atoms with E-state index in [-0.39, 0.29) is 31.5 Å². The molecule has 6 rings (SSSR count). The molecule has 9 heteroatoms. The summed E-state index contributed by atoms with van der Waals surface area (Å²) in [5, 5.41) is 22.3. The van der Waals surface area contributed by atoms with Gasteiger partial charge in [-0.1, -0.05) is 36.4 Å². The molecule has 3 aliphatic rings. The van der Waals surface area contributed by atoms with Crippen LogP contribution in [-0.2, 0) is 19.1 Å². The van der Waals surface area contributed by atoms with E-state index in [0.29, 0.717) is 23.3 Å². The number of imide groups is 3. The number of aliphatic hydroxyl groups is 1. The Morgan fingerprint density at radius 1 is 1.07 bits per heavy atom. The van der Waals surface area contributed by atoms with Gasteiger partial charge in [-0.05, 0) is 71.2 Å². The molecule has 3 heterocycles. The number of carbonyl (C=O) groups excluding carboxylic acids is 3. The molecule has 0 spiro atoms. The van der Waals surface area contributed by atoms with Gasteiger partial charge in [0.25, 0.3) is 0 Å². The number of methoxy groups -OCH3 is 1. The van der Waals surface area contributed by atoms with Crippen LogP contribution in [-0.4, -0.2) is 64.4 Å². The van der Waals surface area contributed by atoms with Gasteiger partial charge in [-0.3, -0.25) is 14.6 Å². The molecule has 3 aromatic rings. The summed E-state index contributed by atoms with van der Waals surface area (Å²) in [6.45, 7) is -0.0268. The van der Waals surface area contributed by atoms with Crippen LogP contribution < -0.4 is 0 Å². The van der Waals surface area contributed by atoms with Crippen molar-refractivity contribution in [2.45, 2.75) is 25.4 Å². The molecule has 1 aliphatic carbocycles. The average molecular weight is 555 g/mol. The Labute approximate surface area is 236 Å². The highest BCUT2D eigenvalue weighted by Crippen LogP contribution is 2.50. The first-order valence-corrected chi connectivity index (χ1v) is 13.7. The highest BCUT2D eigenvalue weighted by atomic mass is 16.5. The van der Waals surface area contributed by atoms with E-state index in [9.17, 15) is 24.6 Å². The fraction of sp³-hybridized carbons (Fsp3) is 0.312. The second-order valence-electron chi connectivity index (χ2n) is 10.6. The van der Waals surface area contributed by atoms with E-state index in [4.69, 9.17) is 4.74 Å². The Morgan fingerprint density at radius 3 is 2.59 bits per heavy atom. The number of aromatic hydroxyl groups is 1. The number of allylic oxidation sites excluding steroid dienone is 1. The van der Waals surface area contributed by atoms with E-state index in [0.717, 1.165) is 40.3 Å². The third-order valence-electron chi connectivity index (χ3n) is 8.49. The van der Waals surface area contributed by atoms with Crippen molar-refractivity contribution >= 4 is 40.3 Å². The SMILES string of the molecule is COC(=O)N1C(=O)[C@@H]2[C@@H](CC(CO)=C3[C@@H](CC/C(=C/c4ccc(O)c5ccccc45)c4ccccn4)OC[C@@H]32)C1=O. The van der Waals surface area contributed by atoms with Crippen LogP contribution in [0.25, 0.3) is 22.4 Å². The van der Waals surface area contributed by atoms with Crippen molar-refractivity contribution < 1.29 is 34.1 Å². The maximum Gasteiger partial charge on any atom is 0.423 e. The van der Waals surface area contributed by atoms with Gasteiger partial charge in [-0.2, -0.15) is 4.90 Å². The first kappa shape index (κ1) is 26.9. The molecule has 4 atom stereocenters. The molecule has 0 saturated carbocycles. The third kappa shape index (κ3) is 4.61. The minimum Gasteiger partial charge on any atom is -0.507 e. The van der Waals surface area contributed by atoms with Crippen LogP contribution in [0.15, 0.2) is 71.9 Å². The molecule has 1 aromatic heterocycles. The molecule has 2 aliphatic heterocycles. The number of likely N-dealkylation sites (tertiary alicyclic amines) is 1. The van der Waals surface area contributed by atoms with E-state index in [1.807, 2.05) is 48.5 Å². The highest BCUT2D eigenvalue weighted by Gasteiger charge is 2.58. The van der Waals surface area contributed by atoms with Crippen molar-refractivity contribution in [2.75, 3.05) is 20.3 Å². The topological polar surface area (TPSA) is 126 Å². The molecular weight excluding hydrogens is 524 g/mol. The average Bonchev–Trinajstić information content (AvgIpc) is 3.54. The van der Waals surface area contributed by atoms with Crippen molar-refractivity contribution in [1.82, 2.24) is 9.88 Å². The summed E-state index contributed by atoms with van der Waals surface area (Å²) in [5.41, 5.74) is 4.27. The van der Waals surface area contributed by atoms with Gasteiger partial charge in [0.2, 0.25) is 11.8 Å². The van der Waals surface area contributed by atoms with Gasteiger partial charge in [0, 0.05) is 17.5 Å². The van der Waals surface area contributed by atoms with Crippen molar-refractivity contribution in [3.8, 4) is 5.75 Å². The second kappa shape index (κ2) is 10.9. The van der Waals surface area contributed by atoms with E-state index in [2.05, 4.69) is 15.8 Å². The Morgan fingerprint density at radius 2 is 1.85 bits per heavy atom. The minimum atomic E-state index is -0.983. The van der Waals surface area contributed by atoms with Gasteiger partial charge in [0.05, 0.1) is 44.0 Å². The van der Waals surface area contributed by atoms with Crippen LogP contribution in [0.3, 0.4) is 0 Å². The predicted octanol–water partition coefficient (Wildman–Crippen LogP) is 4.34. The zero-order valence-electron chi connectivity index (χ0n) is 22.5. The van der Waals surface area contributed by atoms with Crippen LogP contribution in [0.2, 0.25) is 0 Å². The maximum absolute atomic E-state index is 13.2. The fourth-order valence-electron chi connectivity index (χ4n) is 6.62. The molecule has 0 radical (unpaired) electrons. The number of phenolic OH excluding ortho intramolecular Hbond substituents is 1. The van der Waals surface area contributed by atoms with Crippen molar-refractivity contribution in [3.05, 3.63) is 83.2 Å². The number of rotatable bonds is 6. The number of amides is 3. The second-order valence-corrected chi connectivity index (χ2v) is 10.6. The first-order valence-electron chi connectivity index (χ1n) is 13.7. The van der Waals surface area contributed by atoms with E-state index in [1.165, 1.54) is 0 Å². The number of benzene rings is 2. The van der Waals surface area contributed by atoms with E-state index in [1.54, 1.807) is 12.3 Å². The number of aliphatic hydroxyl groups excluding tert-OH is 1. The summed E-state index contributed by atoms with van der Waals surface area (Å²) in [7, 11) is 1.13. The molecule has 0 unspecified atom stereocenters. The molecule has 9 nitrogen and oxygen atoms in total. The zero-order chi connectivity index (χ0) is 28.7. The minimum absolute atomic E-state index is 0.202. The smallest absolute Gasteiger partial charge is 0.423 e. The lowest BCUT2D eigenvalue weighted by Crippen LogP contribution is -2.38. The molecule has 2 N–H and O–H groups in total. The van der Waals surface area contributed by atoms with Gasteiger partial charge in [-0.15, -0.1) is 0 Å². The lowest BCUT2D eigenvalue weighted by molar-refractivity contribution is -0.137. The first-order chi connectivity index (χ1) is 19.9. The maximum atomic E-state index is 13.2. The number of carbonyl (C=O) groups is 3. The van der Waals surface area contributed by atoms with Crippen molar-refractivity contribution in [1.29, 1.82) is 0 Å². The summed E-state index contributed by atoms with van der Waals surface area (Å²) in [4.78, 5) is 43.6. The van der Waals surface area contributed by atoms with Gasteiger partial charge >= 0.3 is 6.09 Å². The van der Waals surface area contributed by atoms with Gasteiger partial charge < -0.3 is 19.7 Å². The predicted molar refractivity (Wildman–Crippen MR) is 150 cm³/mol. The van der Waals surface area contributed by atoms with Crippen LogP contribution >= 0.6 is 0 Å². The van der Waals surface area contributed by atoms with Crippen LogP contribution in [0.5, 0.6) is 5.75 Å². The molecule has 2 fully saturated rings. The fourth-order valence-corrected chi connectivity index (χ4v) is 6.62. The molecule has 41 heavy (non-hydrogen) atoms. The number of hydrogen-bond donors (Lipinski definition) is 2. The number of fused-ring (bicyclic) bond motifs is 4. The van der Waals surface area contributed by atoms with Crippen molar-refractivity contribution in [2.24, 2.45) is 17.8 Å². The van der Waals surface area contributed by atoms with Crippen LogP contribution in [0, 0.1) is 17.8 Å². The Balaban J connectivity index is 1.31. The summed E-state index contributed by atoms with van der Waals surface area (Å²) in [6.07, 6.45) is 3.82. The standard InChI is InChI=1S/C32H30N2O7/c1-40-32(39)34-30(37)23-15-20(16-35)28-24(29(23)31(34)38)17-41-27(28)12-10-19(25-8-4-5-13-33-25)14-18-9-11-26(36)22-7-3-2-6-21(18)22/h2-9,11,13-14,23-24,27,29,35-36H,10,12,15-17H2,1H3/b19-14-/t23-,24+,27-,29-/m1/s1. The quantitative estimate of drug-likeness (QED) is 0.341. The van der Waals surface area contributed by atoms with Gasteiger partial charge in [0.15, 0.2) is 0 Å². The summed E-state index contributed by atoms with van der Waals surface area (Å²) >= 11 is 0. The molecule has 2 saturated heterocycles. The van der Waals surface area contributed by atoms with Gasteiger partial charge in [-0.25, -0.2) is 4.79 Å². The van der Waals surface area contributed by atoms with Gasteiger partial charge in [0.1, 0.15) is 5.75 Å². The molecule has 0 bridgehead atoms. The summed E-state index contributed by atoms with van der Waals surface area (Å²) in [6, 6.07) is 17.0. The Hall–Kier alpha value is -4.34. The molecule has 210 valence electrons. The van der Waals surface area contributed by atoms with E-state index < -0.39 is 35.7 Å². The zero-order valence-corrected chi connectivity index (χ0v) is 22.5. The van der Waals surface area contributed by atoms with Crippen molar-refractivity contribution in [3.63, 3.8) is 0 Å². The number of ether oxygens (including phenoxy) is 2. The normalized spacial score (nSPS) is 24.1. The summed E-state index contributed by atoms with van der Waals surface area (Å²) < 4.78 is 10.9.